The van der Waals surface area contributed by atoms with Crippen LogP contribution in [0.1, 0.15) is 31.4 Å². The first-order chi connectivity index (χ1) is 7.22. The van der Waals surface area contributed by atoms with Crippen molar-refractivity contribution < 1.29 is 0 Å². The van der Waals surface area contributed by atoms with Gasteiger partial charge in [-0.1, -0.05) is 6.42 Å². The molecule has 2 saturated carbocycles. The summed E-state index contributed by atoms with van der Waals surface area (Å²) in [7, 11) is 2.00. The number of anilines is 1. The van der Waals surface area contributed by atoms with Crippen LogP contribution in [0.4, 0.5) is 5.82 Å². The number of rotatable bonds is 2. The van der Waals surface area contributed by atoms with Gasteiger partial charge in [-0.05, 0) is 38.0 Å². The summed E-state index contributed by atoms with van der Waals surface area (Å²) in [5, 5.41) is 8.06. The van der Waals surface area contributed by atoms with E-state index >= 15 is 0 Å². The van der Waals surface area contributed by atoms with Gasteiger partial charge in [0.1, 0.15) is 5.82 Å². The van der Waals surface area contributed by atoms with E-state index in [0.717, 1.165) is 17.7 Å². The molecule has 2 bridgehead atoms. The minimum atomic E-state index is 0.693. The van der Waals surface area contributed by atoms with Gasteiger partial charge in [0.05, 0.1) is 0 Å². The molecule has 2 aliphatic carbocycles. The molecule has 82 valence electrons. The van der Waals surface area contributed by atoms with Crippen molar-refractivity contribution in [3.63, 3.8) is 0 Å². The second-order valence-electron chi connectivity index (χ2n) is 5.22. The number of fused-ring (bicyclic) bond motifs is 2. The van der Waals surface area contributed by atoms with E-state index in [-0.39, 0.29) is 0 Å². The molecule has 2 aliphatic rings. The molecular weight excluding hydrogens is 186 g/mol. The molecule has 0 aliphatic heterocycles. The number of hydrogen-bond donors (Lipinski definition) is 1. The second-order valence-corrected chi connectivity index (χ2v) is 5.22. The molecule has 0 radical (unpaired) electrons. The predicted molar refractivity (Wildman–Crippen MR) is 60.8 cm³/mol. The third-order valence-corrected chi connectivity index (χ3v) is 4.19. The van der Waals surface area contributed by atoms with E-state index in [1.165, 1.54) is 31.4 Å². The van der Waals surface area contributed by atoms with E-state index in [9.17, 15) is 0 Å². The molecule has 0 saturated heterocycles. The molecule has 1 aromatic rings. The summed E-state index contributed by atoms with van der Waals surface area (Å²) in [6.07, 6.45) is 5.70. The fourth-order valence-corrected chi connectivity index (χ4v) is 3.24. The van der Waals surface area contributed by atoms with E-state index in [1.54, 1.807) is 0 Å². The van der Waals surface area contributed by atoms with Crippen LogP contribution in [0.2, 0.25) is 0 Å². The van der Waals surface area contributed by atoms with Crippen LogP contribution in [0.15, 0.2) is 6.07 Å². The van der Waals surface area contributed by atoms with E-state index in [0.29, 0.717) is 6.04 Å². The van der Waals surface area contributed by atoms with Gasteiger partial charge in [-0.25, -0.2) is 0 Å². The predicted octanol–water partition coefficient (Wildman–Crippen LogP) is 2.33. The Labute approximate surface area is 90.9 Å². The summed E-state index contributed by atoms with van der Waals surface area (Å²) >= 11 is 0. The molecule has 2 fully saturated rings. The van der Waals surface area contributed by atoms with Crippen LogP contribution in [0.25, 0.3) is 0 Å². The second kappa shape index (κ2) is 3.26. The zero-order valence-corrected chi connectivity index (χ0v) is 9.53. The Bertz CT molecular complexity index is 349. The first-order valence-corrected chi connectivity index (χ1v) is 5.99. The van der Waals surface area contributed by atoms with Crippen molar-refractivity contribution in [2.75, 3.05) is 5.32 Å². The fourth-order valence-electron chi connectivity index (χ4n) is 3.24. The van der Waals surface area contributed by atoms with E-state index in [2.05, 4.69) is 23.4 Å². The summed E-state index contributed by atoms with van der Waals surface area (Å²) in [6, 6.07) is 2.84. The highest BCUT2D eigenvalue weighted by Gasteiger charge is 2.39. The molecule has 15 heavy (non-hydrogen) atoms. The maximum atomic E-state index is 4.46. The third-order valence-electron chi connectivity index (χ3n) is 4.19. The van der Waals surface area contributed by atoms with Gasteiger partial charge < -0.3 is 5.32 Å². The molecule has 0 amide bonds. The normalized spacial score (nSPS) is 33.6. The van der Waals surface area contributed by atoms with Crippen molar-refractivity contribution in [3.8, 4) is 0 Å². The Morgan fingerprint density at radius 1 is 1.40 bits per heavy atom. The standard InChI is InChI=1S/C12H19N3/c1-8-5-12(14-15(8)2)13-11-7-9-3-4-10(11)6-9/h5,9-11H,3-4,6-7H2,1-2H3,(H,13,14). The molecule has 3 rings (SSSR count). The summed E-state index contributed by atoms with van der Waals surface area (Å²) in [5.74, 6) is 2.97. The molecule has 3 heteroatoms. The molecular formula is C12H19N3. The summed E-state index contributed by atoms with van der Waals surface area (Å²) in [4.78, 5) is 0. The molecule has 0 spiro atoms. The Morgan fingerprint density at radius 3 is 2.80 bits per heavy atom. The Kier molecular flexibility index (Phi) is 2.01. The maximum Gasteiger partial charge on any atom is 0.148 e. The SMILES string of the molecule is Cc1cc(NC2CC3CCC2C3)nn1C. The summed E-state index contributed by atoms with van der Waals surface area (Å²) < 4.78 is 1.94. The van der Waals surface area contributed by atoms with Crippen molar-refractivity contribution in [2.24, 2.45) is 18.9 Å². The Balaban J connectivity index is 1.70. The van der Waals surface area contributed by atoms with Gasteiger partial charge in [0, 0.05) is 24.8 Å². The average molecular weight is 205 g/mol. The van der Waals surface area contributed by atoms with Crippen LogP contribution in [0, 0.1) is 18.8 Å². The van der Waals surface area contributed by atoms with Crippen LogP contribution in [0.5, 0.6) is 0 Å². The van der Waals surface area contributed by atoms with Crippen molar-refractivity contribution in [1.82, 2.24) is 9.78 Å². The highest BCUT2D eigenvalue weighted by Crippen LogP contribution is 2.45. The van der Waals surface area contributed by atoms with Gasteiger partial charge in [-0.2, -0.15) is 5.10 Å². The highest BCUT2D eigenvalue weighted by molar-refractivity contribution is 5.37. The molecule has 1 aromatic heterocycles. The molecule has 1 heterocycles. The first-order valence-electron chi connectivity index (χ1n) is 5.99. The molecule has 3 unspecified atom stereocenters. The topological polar surface area (TPSA) is 29.9 Å². The average Bonchev–Trinajstić information content (AvgIpc) is 2.84. The lowest BCUT2D eigenvalue weighted by Gasteiger charge is -2.22. The summed E-state index contributed by atoms with van der Waals surface area (Å²) in [6.45, 7) is 2.10. The number of hydrogen-bond acceptors (Lipinski definition) is 2. The number of aromatic nitrogens is 2. The minimum absolute atomic E-state index is 0.693. The van der Waals surface area contributed by atoms with Crippen LogP contribution >= 0.6 is 0 Å². The Morgan fingerprint density at radius 2 is 2.27 bits per heavy atom. The zero-order chi connectivity index (χ0) is 10.4. The monoisotopic (exact) mass is 205 g/mol. The zero-order valence-electron chi connectivity index (χ0n) is 9.53. The van der Waals surface area contributed by atoms with E-state index in [1.807, 2.05) is 11.7 Å². The number of nitrogens with one attached hydrogen (secondary N) is 1. The number of aryl methyl sites for hydroxylation is 2. The third kappa shape index (κ3) is 1.54. The molecule has 0 aromatic carbocycles. The van der Waals surface area contributed by atoms with E-state index in [4.69, 9.17) is 0 Å². The smallest absolute Gasteiger partial charge is 0.148 e. The van der Waals surface area contributed by atoms with Crippen molar-refractivity contribution in [3.05, 3.63) is 11.8 Å². The van der Waals surface area contributed by atoms with Crippen LogP contribution in [-0.2, 0) is 7.05 Å². The van der Waals surface area contributed by atoms with Crippen molar-refractivity contribution >= 4 is 5.82 Å². The van der Waals surface area contributed by atoms with Gasteiger partial charge in [0.15, 0.2) is 0 Å². The number of nitrogens with zero attached hydrogens (tertiary/aromatic N) is 2. The van der Waals surface area contributed by atoms with Crippen LogP contribution < -0.4 is 5.32 Å². The lowest BCUT2D eigenvalue weighted by atomic mass is 9.95. The van der Waals surface area contributed by atoms with Gasteiger partial charge in [-0.3, -0.25) is 4.68 Å². The lowest BCUT2D eigenvalue weighted by molar-refractivity contribution is 0.438. The first kappa shape index (κ1) is 9.25. The largest absolute Gasteiger partial charge is 0.366 e. The fraction of sp³-hybridized carbons (Fsp3) is 0.750. The molecule has 3 nitrogen and oxygen atoms in total. The lowest BCUT2D eigenvalue weighted by Crippen LogP contribution is -2.26. The molecule has 1 N–H and O–H groups in total. The van der Waals surface area contributed by atoms with Gasteiger partial charge in [-0.15, -0.1) is 0 Å². The van der Waals surface area contributed by atoms with Crippen LogP contribution in [-0.4, -0.2) is 15.8 Å². The quantitative estimate of drug-likeness (QED) is 0.803. The van der Waals surface area contributed by atoms with E-state index < -0.39 is 0 Å². The maximum absolute atomic E-state index is 4.46. The van der Waals surface area contributed by atoms with Gasteiger partial charge in [0.2, 0.25) is 0 Å². The van der Waals surface area contributed by atoms with Gasteiger partial charge in [0.25, 0.3) is 0 Å². The molecule has 3 atom stereocenters. The highest BCUT2D eigenvalue weighted by atomic mass is 15.3. The van der Waals surface area contributed by atoms with Crippen molar-refractivity contribution in [1.29, 1.82) is 0 Å². The van der Waals surface area contributed by atoms with Crippen LogP contribution in [0.3, 0.4) is 0 Å². The summed E-state index contributed by atoms with van der Waals surface area (Å²) in [5.41, 5.74) is 1.22. The van der Waals surface area contributed by atoms with Gasteiger partial charge >= 0.3 is 0 Å². The minimum Gasteiger partial charge on any atom is -0.366 e. The van der Waals surface area contributed by atoms with Crippen molar-refractivity contribution in [2.45, 2.75) is 38.6 Å². The Hall–Kier alpha value is -0.990.